The van der Waals surface area contributed by atoms with Crippen molar-refractivity contribution in [2.24, 2.45) is 0 Å². The smallest absolute Gasteiger partial charge is 0.337 e. The Bertz CT molecular complexity index is 673. The van der Waals surface area contributed by atoms with Gasteiger partial charge in [-0.1, -0.05) is 18.2 Å². The molecule has 0 spiro atoms. The predicted molar refractivity (Wildman–Crippen MR) is 79.3 cm³/mol. The molecule has 0 amide bonds. The molecule has 0 aliphatic heterocycles. The molecule has 0 radical (unpaired) electrons. The van der Waals surface area contributed by atoms with Crippen LogP contribution in [0.1, 0.15) is 21.5 Å². The van der Waals surface area contributed by atoms with Gasteiger partial charge in [0.25, 0.3) is 0 Å². The van der Waals surface area contributed by atoms with E-state index in [-0.39, 0.29) is 0 Å². The average Bonchev–Trinajstić information content (AvgIpc) is 2.49. The molecule has 3 nitrogen and oxygen atoms in total. The first kappa shape index (κ1) is 16.1. The van der Waals surface area contributed by atoms with E-state index in [1.807, 2.05) is 18.0 Å². The van der Waals surface area contributed by atoms with E-state index in [2.05, 4.69) is 4.74 Å². The van der Waals surface area contributed by atoms with Gasteiger partial charge in [-0.2, -0.15) is 0 Å². The van der Waals surface area contributed by atoms with Crippen molar-refractivity contribution >= 4 is 5.97 Å². The van der Waals surface area contributed by atoms with E-state index in [1.54, 1.807) is 18.2 Å². The lowest BCUT2D eigenvalue weighted by molar-refractivity contribution is 0.0600. The number of rotatable bonds is 5. The third kappa shape index (κ3) is 4.11. The van der Waals surface area contributed by atoms with Crippen molar-refractivity contribution in [3.8, 4) is 0 Å². The van der Waals surface area contributed by atoms with E-state index in [4.69, 9.17) is 0 Å². The number of esters is 1. The molecule has 0 saturated carbocycles. The number of benzene rings is 2. The molecule has 0 saturated heterocycles. The number of ether oxygens (including phenoxy) is 1. The van der Waals surface area contributed by atoms with Gasteiger partial charge in [-0.15, -0.1) is 0 Å². The molecule has 0 fully saturated rings. The van der Waals surface area contributed by atoms with Gasteiger partial charge >= 0.3 is 5.97 Å². The Kier molecular flexibility index (Phi) is 5.22. The van der Waals surface area contributed by atoms with Crippen LogP contribution in [0.3, 0.4) is 0 Å². The second-order valence-corrected chi connectivity index (χ2v) is 5.10. The van der Waals surface area contributed by atoms with Crippen molar-refractivity contribution in [2.45, 2.75) is 13.1 Å². The fourth-order valence-corrected chi connectivity index (χ4v) is 2.22. The number of carbonyl (C=O) groups is 1. The van der Waals surface area contributed by atoms with Crippen LogP contribution >= 0.6 is 0 Å². The number of nitrogens with zero attached hydrogens (tertiary/aromatic N) is 1. The van der Waals surface area contributed by atoms with Gasteiger partial charge in [-0.25, -0.2) is 13.6 Å². The summed E-state index contributed by atoms with van der Waals surface area (Å²) in [6.07, 6.45) is 0. The van der Waals surface area contributed by atoms with E-state index in [0.29, 0.717) is 24.2 Å². The molecule has 0 N–H and O–H groups in total. The van der Waals surface area contributed by atoms with E-state index in [9.17, 15) is 13.6 Å². The van der Waals surface area contributed by atoms with E-state index < -0.39 is 17.6 Å². The van der Waals surface area contributed by atoms with Gasteiger partial charge in [0.15, 0.2) is 0 Å². The van der Waals surface area contributed by atoms with Crippen LogP contribution in [0.2, 0.25) is 0 Å². The van der Waals surface area contributed by atoms with Crippen molar-refractivity contribution in [3.05, 3.63) is 70.8 Å². The highest BCUT2D eigenvalue weighted by Gasteiger charge is 2.09. The SMILES string of the molecule is COC(=O)c1cccc(CN(C)Cc2ccc(F)cc2F)c1. The lowest BCUT2D eigenvalue weighted by atomic mass is 10.1. The van der Waals surface area contributed by atoms with Gasteiger partial charge in [-0.05, 0) is 30.8 Å². The Balaban J connectivity index is 2.05. The van der Waals surface area contributed by atoms with E-state index in [0.717, 1.165) is 11.6 Å². The molecule has 0 unspecified atom stereocenters. The third-order valence-corrected chi connectivity index (χ3v) is 3.26. The lowest BCUT2D eigenvalue weighted by Crippen LogP contribution is -2.18. The molecule has 0 heterocycles. The molecular formula is C17H17F2NO2. The topological polar surface area (TPSA) is 29.5 Å². The van der Waals surface area contributed by atoms with Crippen LogP contribution in [-0.4, -0.2) is 25.0 Å². The molecular weight excluding hydrogens is 288 g/mol. The quantitative estimate of drug-likeness (QED) is 0.793. The van der Waals surface area contributed by atoms with Gasteiger partial charge in [0.05, 0.1) is 12.7 Å². The van der Waals surface area contributed by atoms with E-state index in [1.165, 1.54) is 19.2 Å². The van der Waals surface area contributed by atoms with Crippen molar-refractivity contribution in [2.75, 3.05) is 14.2 Å². The molecule has 0 aromatic heterocycles. The summed E-state index contributed by atoms with van der Waals surface area (Å²) in [4.78, 5) is 13.4. The summed E-state index contributed by atoms with van der Waals surface area (Å²) >= 11 is 0. The third-order valence-electron chi connectivity index (χ3n) is 3.26. The van der Waals surface area contributed by atoms with Gasteiger partial charge < -0.3 is 4.74 Å². The first-order valence-electron chi connectivity index (χ1n) is 6.79. The van der Waals surface area contributed by atoms with Crippen molar-refractivity contribution in [3.63, 3.8) is 0 Å². The average molecular weight is 305 g/mol. The summed E-state index contributed by atoms with van der Waals surface area (Å²) in [5.74, 6) is -1.54. The summed E-state index contributed by atoms with van der Waals surface area (Å²) in [5.41, 5.74) is 1.81. The molecule has 0 aliphatic rings. The Morgan fingerprint density at radius 1 is 1.14 bits per heavy atom. The normalized spacial score (nSPS) is 10.8. The number of methoxy groups -OCH3 is 1. The van der Waals surface area contributed by atoms with Crippen molar-refractivity contribution in [1.29, 1.82) is 0 Å². The molecule has 2 aromatic carbocycles. The predicted octanol–water partition coefficient (Wildman–Crippen LogP) is 3.38. The van der Waals surface area contributed by atoms with Crippen LogP contribution < -0.4 is 0 Å². The van der Waals surface area contributed by atoms with Crippen LogP contribution in [0.5, 0.6) is 0 Å². The molecule has 2 aromatic rings. The van der Waals surface area contributed by atoms with Crippen LogP contribution in [-0.2, 0) is 17.8 Å². The number of carbonyl (C=O) groups excluding carboxylic acids is 1. The largest absolute Gasteiger partial charge is 0.465 e. The molecule has 5 heteroatoms. The minimum absolute atomic E-state index is 0.342. The van der Waals surface area contributed by atoms with Crippen molar-refractivity contribution < 1.29 is 18.3 Å². The Morgan fingerprint density at radius 3 is 2.59 bits per heavy atom. The Hall–Kier alpha value is -2.27. The molecule has 116 valence electrons. The zero-order valence-electron chi connectivity index (χ0n) is 12.5. The molecule has 0 bridgehead atoms. The summed E-state index contributed by atoms with van der Waals surface area (Å²) in [6.45, 7) is 0.871. The number of halogens is 2. The first-order valence-corrected chi connectivity index (χ1v) is 6.79. The zero-order valence-corrected chi connectivity index (χ0v) is 12.5. The van der Waals surface area contributed by atoms with E-state index >= 15 is 0 Å². The maximum atomic E-state index is 13.6. The molecule has 0 atom stereocenters. The standard InChI is InChI=1S/C17H17F2NO2/c1-20(11-14-6-7-15(18)9-16(14)19)10-12-4-3-5-13(8-12)17(21)22-2/h3-9H,10-11H2,1-2H3. The second-order valence-electron chi connectivity index (χ2n) is 5.10. The highest BCUT2D eigenvalue weighted by Crippen LogP contribution is 2.14. The van der Waals surface area contributed by atoms with Crippen LogP contribution in [0.25, 0.3) is 0 Å². The second kappa shape index (κ2) is 7.13. The maximum absolute atomic E-state index is 13.6. The number of hydrogen-bond acceptors (Lipinski definition) is 3. The maximum Gasteiger partial charge on any atom is 0.337 e. The highest BCUT2D eigenvalue weighted by atomic mass is 19.1. The Morgan fingerprint density at radius 2 is 1.91 bits per heavy atom. The summed E-state index contributed by atoms with van der Waals surface area (Å²) in [6, 6.07) is 10.6. The van der Waals surface area contributed by atoms with Crippen LogP contribution in [0.15, 0.2) is 42.5 Å². The fraction of sp³-hybridized carbons (Fsp3) is 0.235. The minimum atomic E-state index is -0.588. The monoisotopic (exact) mass is 305 g/mol. The van der Waals surface area contributed by atoms with Gasteiger partial charge in [0.2, 0.25) is 0 Å². The summed E-state index contributed by atoms with van der Waals surface area (Å²) < 4.78 is 31.2. The van der Waals surface area contributed by atoms with Crippen molar-refractivity contribution in [1.82, 2.24) is 4.90 Å². The molecule has 0 aliphatic carbocycles. The zero-order chi connectivity index (χ0) is 16.1. The van der Waals surface area contributed by atoms with Gasteiger partial charge in [0.1, 0.15) is 11.6 Å². The van der Waals surface area contributed by atoms with Crippen LogP contribution in [0, 0.1) is 11.6 Å². The number of hydrogen-bond donors (Lipinski definition) is 0. The van der Waals surface area contributed by atoms with Crippen LogP contribution in [0.4, 0.5) is 8.78 Å². The Labute approximate surface area is 128 Å². The fourth-order valence-electron chi connectivity index (χ4n) is 2.22. The summed E-state index contributed by atoms with van der Waals surface area (Å²) in [5, 5.41) is 0. The summed E-state index contributed by atoms with van der Waals surface area (Å²) in [7, 11) is 3.16. The molecule has 2 rings (SSSR count). The molecule has 22 heavy (non-hydrogen) atoms. The lowest BCUT2D eigenvalue weighted by Gasteiger charge is -2.17. The highest BCUT2D eigenvalue weighted by molar-refractivity contribution is 5.89. The van der Waals surface area contributed by atoms with Gasteiger partial charge in [-0.3, -0.25) is 4.90 Å². The minimum Gasteiger partial charge on any atom is -0.465 e. The van der Waals surface area contributed by atoms with Gasteiger partial charge in [0, 0.05) is 24.7 Å². The first-order chi connectivity index (χ1) is 10.5.